The first kappa shape index (κ1) is 15.6. The van der Waals surface area contributed by atoms with Crippen LogP contribution < -0.4 is 5.32 Å². The lowest BCUT2D eigenvalue weighted by Crippen LogP contribution is -2.34. The van der Waals surface area contributed by atoms with Crippen LogP contribution in [0.25, 0.3) is 0 Å². The van der Waals surface area contributed by atoms with Crippen LogP contribution in [0.5, 0.6) is 0 Å². The Morgan fingerprint density at radius 2 is 2.05 bits per heavy atom. The van der Waals surface area contributed by atoms with Gasteiger partial charge in [0, 0.05) is 15.2 Å². The lowest BCUT2D eigenvalue weighted by molar-refractivity contribution is -0.185. The van der Waals surface area contributed by atoms with Gasteiger partial charge in [-0.1, -0.05) is 12.5 Å². The Morgan fingerprint density at radius 3 is 2.70 bits per heavy atom. The van der Waals surface area contributed by atoms with Gasteiger partial charge in [-0.2, -0.15) is 13.2 Å². The maximum Gasteiger partial charge on any atom is 0.391 e. The number of benzene rings is 1. The van der Waals surface area contributed by atoms with Crippen molar-refractivity contribution in [3.05, 3.63) is 27.8 Å². The third-order valence-electron chi connectivity index (χ3n) is 3.60. The summed E-state index contributed by atoms with van der Waals surface area (Å²) in [5.41, 5.74) is 0.635. The van der Waals surface area contributed by atoms with Crippen molar-refractivity contribution in [1.29, 1.82) is 0 Å². The highest BCUT2D eigenvalue weighted by atomic mass is 127. The standard InChI is InChI=1S/C14H15F3INO/c15-14(16,17)10-4-1-3-9(7-10)13(20)19-12-6-2-5-11(18)8-12/h2,5-6,8-10H,1,3-4,7H2,(H,19,20). The zero-order valence-electron chi connectivity index (χ0n) is 10.7. The molecule has 1 aromatic rings. The van der Waals surface area contributed by atoms with E-state index in [0.717, 1.165) is 3.57 Å². The Kier molecular flexibility index (Phi) is 4.93. The molecule has 1 N–H and O–H groups in total. The van der Waals surface area contributed by atoms with Gasteiger partial charge >= 0.3 is 6.18 Å². The SMILES string of the molecule is O=C(Nc1cccc(I)c1)C1CCCC(C(F)(F)F)C1. The van der Waals surface area contributed by atoms with E-state index in [9.17, 15) is 18.0 Å². The summed E-state index contributed by atoms with van der Waals surface area (Å²) in [6.07, 6.45) is -3.17. The highest BCUT2D eigenvalue weighted by Crippen LogP contribution is 2.40. The molecule has 1 fully saturated rings. The summed E-state index contributed by atoms with van der Waals surface area (Å²) in [6, 6.07) is 7.22. The molecule has 0 saturated heterocycles. The second kappa shape index (κ2) is 6.32. The predicted octanol–water partition coefficient (Wildman–Crippen LogP) is 4.60. The quantitative estimate of drug-likeness (QED) is 0.727. The second-order valence-corrected chi connectivity index (χ2v) is 6.35. The minimum absolute atomic E-state index is 0.0980. The molecule has 0 radical (unpaired) electrons. The molecule has 1 aliphatic carbocycles. The van der Waals surface area contributed by atoms with Gasteiger partial charge in [0.05, 0.1) is 5.92 Å². The van der Waals surface area contributed by atoms with Crippen molar-refractivity contribution in [2.24, 2.45) is 11.8 Å². The molecule has 110 valence electrons. The third-order valence-corrected chi connectivity index (χ3v) is 4.27. The van der Waals surface area contributed by atoms with Crippen molar-refractivity contribution < 1.29 is 18.0 Å². The molecule has 0 aliphatic heterocycles. The van der Waals surface area contributed by atoms with E-state index in [2.05, 4.69) is 27.9 Å². The van der Waals surface area contributed by atoms with Crippen LogP contribution in [-0.4, -0.2) is 12.1 Å². The number of hydrogen-bond acceptors (Lipinski definition) is 1. The Labute approximate surface area is 129 Å². The minimum Gasteiger partial charge on any atom is -0.326 e. The summed E-state index contributed by atoms with van der Waals surface area (Å²) in [4.78, 5) is 12.1. The molecule has 20 heavy (non-hydrogen) atoms. The highest BCUT2D eigenvalue weighted by molar-refractivity contribution is 14.1. The number of carbonyl (C=O) groups is 1. The van der Waals surface area contributed by atoms with Crippen LogP contribution >= 0.6 is 22.6 Å². The summed E-state index contributed by atoms with van der Waals surface area (Å²) in [6.45, 7) is 0. The Bertz CT molecular complexity index is 490. The van der Waals surface area contributed by atoms with Gasteiger partial charge in [0.2, 0.25) is 5.91 Å². The molecule has 1 aliphatic rings. The van der Waals surface area contributed by atoms with Crippen LogP contribution in [0.15, 0.2) is 24.3 Å². The lowest BCUT2D eigenvalue weighted by Gasteiger charge is -2.29. The van der Waals surface area contributed by atoms with Gasteiger partial charge < -0.3 is 5.32 Å². The van der Waals surface area contributed by atoms with Crippen molar-refractivity contribution >= 4 is 34.2 Å². The molecular formula is C14H15F3INO. The fourth-order valence-corrected chi connectivity index (χ4v) is 3.08. The summed E-state index contributed by atoms with van der Waals surface area (Å²) < 4.78 is 39.1. The van der Waals surface area contributed by atoms with Crippen molar-refractivity contribution in [2.45, 2.75) is 31.9 Å². The maximum atomic E-state index is 12.7. The number of hydrogen-bond donors (Lipinski definition) is 1. The molecule has 0 bridgehead atoms. The van der Waals surface area contributed by atoms with Gasteiger partial charge in [-0.05, 0) is 60.1 Å². The molecular weight excluding hydrogens is 382 g/mol. The average Bonchev–Trinajstić information content (AvgIpc) is 2.38. The number of nitrogens with one attached hydrogen (secondary N) is 1. The first-order valence-corrected chi connectivity index (χ1v) is 7.57. The smallest absolute Gasteiger partial charge is 0.326 e. The van der Waals surface area contributed by atoms with Crippen LogP contribution in [-0.2, 0) is 4.79 Å². The summed E-state index contributed by atoms with van der Waals surface area (Å²) >= 11 is 2.12. The molecule has 0 aromatic heterocycles. The fraction of sp³-hybridized carbons (Fsp3) is 0.500. The van der Waals surface area contributed by atoms with Crippen molar-refractivity contribution in [3.63, 3.8) is 0 Å². The Morgan fingerprint density at radius 1 is 1.30 bits per heavy atom. The van der Waals surface area contributed by atoms with Gasteiger partial charge in [0.25, 0.3) is 0 Å². The molecule has 2 unspecified atom stereocenters. The Hall–Kier alpha value is -0.790. The predicted molar refractivity (Wildman–Crippen MR) is 79.3 cm³/mol. The normalized spacial score (nSPS) is 23.4. The Balaban J connectivity index is 1.99. The summed E-state index contributed by atoms with van der Waals surface area (Å²) in [5.74, 6) is -2.20. The molecule has 0 heterocycles. The van der Waals surface area contributed by atoms with Crippen LogP contribution in [0, 0.1) is 15.4 Å². The highest BCUT2D eigenvalue weighted by Gasteiger charge is 2.43. The molecule has 0 spiro atoms. The monoisotopic (exact) mass is 397 g/mol. The molecule has 2 rings (SSSR count). The van der Waals surface area contributed by atoms with Crippen molar-refractivity contribution in [1.82, 2.24) is 0 Å². The molecule has 1 aromatic carbocycles. The van der Waals surface area contributed by atoms with E-state index in [4.69, 9.17) is 0 Å². The van der Waals surface area contributed by atoms with Crippen LogP contribution in [0.3, 0.4) is 0 Å². The number of halogens is 4. The van der Waals surface area contributed by atoms with E-state index in [1.807, 2.05) is 6.07 Å². The van der Waals surface area contributed by atoms with Gasteiger partial charge in [-0.25, -0.2) is 0 Å². The fourth-order valence-electron chi connectivity index (χ4n) is 2.54. The van der Waals surface area contributed by atoms with Gasteiger partial charge in [0.1, 0.15) is 0 Å². The largest absolute Gasteiger partial charge is 0.391 e. The second-order valence-electron chi connectivity index (χ2n) is 5.10. The number of carbonyl (C=O) groups excluding carboxylic acids is 1. The van der Waals surface area contributed by atoms with Gasteiger partial charge in [0.15, 0.2) is 0 Å². The molecule has 2 nitrogen and oxygen atoms in total. The van der Waals surface area contributed by atoms with E-state index < -0.39 is 18.0 Å². The lowest BCUT2D eigenvalue weighted by atomic mass is 9.80. The van der Waals surface area contributed by atoms with E-state index >= 15 is 0 Å². The maximum absolute atomic E-state index is 12.7. The topological polar surface area (TPSA) is 29.1 Å². The number of rotatable bonds is 2. The number of anilines is 1. The van der Waals surface area contributed by atoms with E-state index in [1.165, 1.54) is 0 Å². The van der Waals surface area contributed by atoms with E-state index in [0.29, 0.717) is 18.5 Å². The number of alkyl halides is 3. The van der Waals surface area contributed by atoms with Crippen LogP contribution in [0.4, 0.5) is 18.9 Å². The first-order valence-electron chi connectivity index (χ1n) is 6.49. The van der Waals surface area contributed by atoms with E-state index in [-0.39, 0.29) is 18.7 Å². The zero-order chi connectivity index (χ0) is 14.8. The summed E-state index contributed by atoms with van der Waals surface area (Å²) in [7, 11) is 0. The average molecular weight is 397 g/mol. The molecule has 6 heteroatoms. The van der Waals surface area contributed by atoms with Crippen molar-refractivity contribution in [3.8, 4) is 0 Å². The van der Waals surface area contributed by atoms with Crippen LogP contribution in [0.2, 0.25) is 0 Å². The molecule has 1 saturated carbocycles. The third kappa shape index (κ3) is 4.10. The zero-order valence-corrected chi connectivity index (χ0v) is 12.9. The first-order chi connectivity index (χ1) is 9.36. The summed E-state index contributed by atoms with van der Waals surface area (Å²) in [5, 5.41) is 2.71. The van der Waals surface area contributed by atoms with Crippen LogP contribution in [0.1, 0.15) is 25.7 Å². The van der Waals surface area contributed by atoms with Gasteiger partial charge in [-0.3, -0.25) is 4.79 Å². The molecule has 1 amide bonds. The minimum atomic E-state index is -4.19. The number of amides is 1. The van der Waals surface area contributed by atoms with Gasteiger partial charge in [-0.15, -0.1) is 0 Å². The molecule has 2 atom stereocenters. The van der Waals surface area contributed by atoms with Crippen molar-refractivity contribution in [2.75, 3.05) is 5.32 Å². The van der Waals surface area contributed by atoms with E-state index in [1.54, 1.807) is 18.2 Å².